The fourth-order valence-corrected chi connectivity index (χ4v) is 3.63. The molecule has 3 aromatic rings. The van der Waals surface area contributed by atoms with Gasteiger partial charge in [-0.15, -0.1) is 0 Å². The molecule has 1 aliphatic heterocycles. The molecule has 0 amide bonds. The number of hydrogen-bond acceptors (Lipinski definition) is 2. The van der Waals surface area contributed by atoms with Crippen molar-refractivity contribution < 1.29 is 21.7 Å². The Morgan fingerprint density at radius 1 is 1.04 bits per heavy atom. The zero-order valence-electron chi connectivity index (χ0n) is 12.5. The fourth-order valence-electron chi connectivity index (χ4n) is 3.63. The quantitative estimate of drug-likeness (QED) is 0.549. The van der Waals surface area contributed by atoms with Crippen LogP contribution in [0.5, 0.6) is 0 Å². The van der Waals surface area contributed by atoms with Gasteiger partial charge in [0.1, 0.15) is 24.4 Å². The third-order valence-electron chi connectivity index (χ3n) is 4.65. The highest BCUT2D eigenvalue weighted by molar-refractivity contribution is 5.35. The highest BCUT2D eigenvalue weighted by atomic mass is 35.5. The lowest BCUT2D eigenvalue weighted by molar-refractivity contribution is -0.739. The minimum absolute atomic E-state index is 0. The van der Waals surface area contributed by atoms with Gasteiger partial charge in [0.15, 0.2) is 0 Å². The molecule has 2 aromatic carbocycles. The summed E-state index contributed by atoms with van der Waals surface area (Å²) >= 11 is 0. The topological polar surface area (TPSA) is 30.9 Å². The average Bonchev–Trinajstić information content (AvgIpc) is 3.16. The number of benzene rings is 2. The molecule has 0 bridgehead atoms. The van der Waals surface area contributed by atoms with Crippen molar-refractivity contribution in [1.29, 1.82) is 0 Å². The van der Waals surface area contributed by atoms with Gasteiger partial charge in [0.05, 0.1) is 0 Å². The Morgan fingerprint density at radius 2 is 1.83 bits per heavy atom. The van der Waals surface area contributed by atoms with Gasteiger partial charge in [-0.1, -0.05) is 47.1 Å². The number of nitrogens with zero attached hydrogens (tertiary/aromatic N) is 3. The maximum atomic E-state index is 6.06. The molecular weight excluding hydrogens is 310 g/mol. The molecule has 2 atom stereocenters. The van der Waals surface area contributed by atoms with Crippen molar-refractivity contribution in [3.8, 4) is 5.69 Å². The van der Waals surface area contributed by atoms with Crippen LogP contribution in [-0.2, 0) is 17.8 Å². The predicted octanol–water partition coefficient (Wildman–Crippen LogP) is -0.792. The molecule has 0 N–H and O–H groups in total. The van der Waals surface area contributed by atoms with E-state index in [-0.39, 0.29) is 24.6 Å². The molecule has 23 heavy (non-hydrogen) atoms. The van der Waals surface area contributed by atoms with Crippen LogP contribution in [0.3, 0.4) is 0 Å². The lowest BCUT2D eigenvalue weighted by Crippen LogP contribution is -3.00. The van der Waals surface area contributed by atoms with E-state index in [0.717, 1.165) is 17.9 Å². The van der Waals surface area contributed by atoms with Gasteiger partial charge >= 0.3 is 5.82 Å². The van der Waals surface area contributed by atoms with Crippen LogP contribution in [-0.4, -0.2) is 15.9 Å². The lowest BCUT2D eigenvalue weighted by Gasteiger charge is -2.23. The highest BCUT2D eigenvalue weighted by Gasteiger charge is 2.43. The van der Waals surface area contributed by atoms with Crippen LogP contribution in [0.1, 0.15) is 23.0 Å². The molecule has 116 valence electrons. The van der Waals surface area contributed by atoms with Gasteiger partial charge in [-0.25, -0.2) is 4.57 Å². The molecule has 5 heteroatoms. The molecule has 5 rings (SSSR count). The second-order valence-electron chi connectivity index (χ2n) is 5.92. The summed E-state index contributed by atoms with van der Waals surface area (Å²) in [7, 11) is 0. The van der Waals surface area contributed by atoms with Crippen LogP contribution in [0, 0.1) is 0 Å². The Bertz CT molecular complexity index is 846. The van der Waals surface area contributed by atoms with Gasteiger partial charge in [-0.2, -0.15) is 0 Å². The summed E-state index contributed by atoms with van der Waals surface area (Å²) in [5.41, 5.74) is 3.84. The first-order valence-corrected chi connectivity index (χ1v) is 7.65. The molecule has 0 saturated heterocycles. The average molecular weight is 326 g/mol. The van der Waals surface area contributed by atoms with Crippen molar-refractivity contribution >= 4 is 0 Å². The number of hydrogen-bond donors (Lipinski definition) is 0. The number of fused-ring (bicyclic) bond motifs is 5. The number of aromatic nitrogens is 3. The largest absolute Gasteiger partial charge is 1.00 e. The smallest absolute Gasteiger partial charge is 0.304 e. The van der Waals surface area contributed by atoms with Gasteiger partial charge in [-0.3, -0.25) is 0 Å². The van der Waals surface area contributed by atoms with Gasteiger partial charge in [-0.05, 0) is 23.3 Å². The van der Waals surface area contributed by atoms with E-state index in [2.05, 4.69) is 47.3 Å². The number of para-hydroxylation sites is 1. The van der Waals surface area contributed by atoms with E-state index in [4.69, 9.17) is 9.84 Å². The van der Waals surface area contributed by atoms with Crippen LogP contribution >= 0.6 is 0 Å². The SMILES string of the molecule is [Cl-].c1ccc(-n2c[n+]3c(n2)CO[C@H]2Cc4ccccc4[C@H]23)cc1. The van der Waals surface area contributed by atoms with Crippen molar-refractivity contribution in [2.45, 2.75) is 25.2 Å². The van der Waals surface area contributed by atoms with E-state index in [1.807, 2.05) is 22.9 Å². The molecule has 0 spiro atoms. The minimum atomic E-state index is 0. The first-order chi connectivity index (χ1) is 10.9. The van der Waals surface area contributed by atoms with Crippen molar-refractivity contribution in [1.82, 2.24) is 9.78 Å². The normalized spacial score (nSPS) is 21.0. The predicted molar refractivity (Wildman–Crippen MR) is 80.6 cm³/mol. The van der Waals surface area contributed by atoms with Gasteiger partial charge in [0.2, 0.25) is 6.33 Å². The highest BCUT2D eigenvalue weighted by Crippen LogP contribution is 2.35. The molecule has 2 heterocycles. The molecule has 0 saturated carbocycles. The fraction of sp³-hybridized carbons (Fsp3) is 0.222. The molecule has 1 aliphatic carbocycles. The van der Waals surface area contributed by atoms with Crippen LogP contribution in [0.4, 0.5) is 0 Å². The molecular formula is C18H16ClN3O. The minimum Gasteiger partial charge on any atom is -1.00 e. The molecule has 0 fully saturated rings. The molecule has 2 aliphatic rings. The third kappa shape index (κ3) is 2.18. The van der Waals surface area contributed by atoms with Crippen molar-refractivity contribution in [2.24, 2.45) is 0 Å². The lowest BCUT2D eigenvalue weighted by atomic mass is 10.1. The van der Waals surface area contributed by atoms with E-state index < -0.39 is 0 Å². The standard InChI is InChI=1S/C18H16N3O.ClH/c1-2-7-14(8-3-1)21-12-20-17(19-21)11-22-16-10-13-6-4-5-9-15(13)18(16)20;/h1-9,12,16,18H,10-11H2;1H/q+1;/p-1/t16-,18+;/m0./s1. The number of halogens is 1. The maximum Gasteiger partial charge on any atom is 0.304 e. The Labute approximate surface area is 140 Å². The summed E-state index contributed by atoms with van der Waals surface area (Å²) in [5.74, 6) is 0.988. The van der Waals surface area contributed by atoms with E-state index in [9.17, 15) is 0 Å². The maximum absolute atomic E-state index is 6.06. The van der Waals surface area contributed by atoms with E-state index >= 15 is 0 Å². The summed E-state index contributed by atoms with van der Waals surface area (Å²) in [5, 5.41) is 4.71. The Kier molecular flexibility index (Phi) is 3.43. The van der Waals surface area contributed by atoms with Crippen molar-refractivity contribution in [3.05, 3.63) is 77.9 Å². The van der Waals surface area contributed by atoms with Crippen LogP contribution in [0.15, 0.2) is 60.9 Å². The van der Waals surface area contributed by atoms with E-state index in [1.54, 1.807) is 0 Å². The number of rotatable bonds is 1. The van der Waals surface area contributed by atoms with Gasteiger partial charge in [0, 0.05) is 11.5 Å². The second kappa shape index (κ2) is 5.48. The Hall–Kier alpha value is -2.17. The first-order valence-electron chi connectivity index (χ1n) is 7.65. The van der Waals surface area contributed by atoms with Gasteiger partial charge in [0.25, 0.3) is 0 Å². The molecule has 1 aromatic heterocycles. The third-order valence-corrected chi connectivity index (χ3v) is 4.65. The van der Waals surface area contributed by atoms with Crippen molar-refractivity contribution in [3.63, 3.8) is 0 Å². The zero-order chi connectivity index (χ0) is 14.5. The molecule has 0 unspecified atom stereocenters. The van der Waals surface area contributed by atoms with Crippen LogP contribution in [0.25, 0.3) is 5.69 Å². The second-order valence-corrected chi connectivity index (χ2v) is 5.92. The summed E-state index contributed by atoms with van der Waals surface area (Å²) in [6.07, 6.45) is 3.32. The Morgan fingerprint density at radius 3 is 2.70 bits per heavy atom. The molecule has 4 nitrogen and oxygen atoms in total. The monoisotopic (exact) mass is 325 g/mol. The van der Waals surface area contributed by atoms with Crippen LogP contribution in [0.2, 0.25) is 0 Å². The number of ether oxygens (including phenoxy) is 1. The first kappa shape index (κ1) is 14.4. The van der Waals surface area contributed by atoms with E-state index in [1.165, 1.54) is 11.1 Å². The summed E-state index contributed by atoms with van der Waals surface area (Å²) < 4.78 is 10.3. The summed E-state index contributed by atoms with van der Waals surface area (Å²) in [4.78, 5) is 0. The molecule has 0 radical (unpaired) electrons. The summed E-state index contributed by atoms with van der Waals surface area (Å²) in [6, 6.07) is 19.1. The Balaban J connectivity index is 0.00000135. The van der Waals surface area contributed by atoms with E-state index in [0.29, 0.717) is 6.61 Å². The van der Waals surface area contributed by atoms with Crippen LogP contribution < -0.4 is 17.0 Å². The summed E-state index contributed by atoms with van der Waals surface area (Å²) in [6.45, 7) is 0.578. The van der Waals surface area contributed by atoms with Gasteiger partial charge < -0.3 is 17.1 Å². The zero-order valence-corrected chi connectivity index (χ0v) is 13.2. The van der Waals surface area contributed by atoms with Crippen molar-refractivity contribution in [2.75, 3.05) is 0 Å².